The quantitative estimate of drug-likeness (QED) is 0.615. The summed E-state index contributed by atoms with van der Waals surface area (Å²) >= 11 is 0.751. The van der Waals surface area contributed by atoms with Crippen molar-refractivity contribution in [2.45, 2.75) is 12.8 Å². The van der Waals surface area contributed by atoms with E-state index < -0.39 is 17.0 Å². The number of nitrogens with one attached hydrogen (secondary N) is 1. The number of hydrogen-bond acceptors (Lipinski definition) is 7. The smallest absolute Gasteiger partial charge is 0.250 e. The zero-order chi connectivity index (χ0) is 20.3. The molecule has 0 aliphatic rings. The summed E-state index contributed by atoms with van der Waals surface area (Å²) in [5, 5.41) is 2.28. The van der Waals surface area contributed by atoms with Crippen LogP contribution < -0.4 is 11.1 Å². The predicted octanol–water partition coefficient (Wildman–Crippen LogP) is 2.37. The molecule has 0 saturated carbocycles. The lowest BCUT2D eigenvalue weighted by Crippen LogP contribution is -2.18. The van der Waals surface area contributed by atoms with Gasteiger partial charge in [0.15, 0.2) is 10.3 Å². The number of carbonyl (C=O) groups is 2. The normalized spacial score (nSPS) is 11.6. The summed E-state index contributed by atoms with van der Waals surface area (Å²) in [6.07, 6.45) is 7.04. The highest BCUT2D eigenvalue weighted by molar-refractivity contribution is 7.14. The van der Waals surface area contributed by atoms with Crippen LogP contribution in [0.4, 0.5) is 9.52 Å². The van der Waals surface area contributed by atoms with Crippen LogP contribution in [0.5, 0.6) is 0 Å². The number of aromatic nitrogens is 4. The Morgan fingerprint density at radius 3 is 2.57 bits per heavy atom. The van der Waals surface area contributed by atoms with Crippen molar-refractivity contribution >= 4 is 33.9 Å². The molecule has 0 radical (unpaired) electrons. The van der Waals surface area contributed by atoms with Crippen molar-refractivity contribution < 1.29 is 14.0 Å². The maximum absolute atomic E-state index is 13.0. The van der Waals surface area contributed by atoms with Crippen molar-refractivity contribution in [2.75, 3.05) is 5.32 Å². The van der Waals surface area contributed by atoms with E-state index in [1.165, 1.54) is 12.4 Å². The van der Waals surface area contributed by atoms with Gasteiger partial charge in [0.1, 0.15) is 0 Å². The molecule has 3 heterocycles. The Morgan fingerprint density at radius 2 is 1.96 bits per heavy atom. The van der Waals surface area contributed by atoms with Crippen molar-refractivity contribution in [3.05, 3.63) is 60.0 Å². The minimum Gasteiger partial charge on any atom is -0.366 e. The van der Waals surface area contributed by atoms with Gasteiger partial charge in [-0.1, -0.05) is 17.9 Å². The maximum Gasteiger partial charge on any atom is 0.250 e. The van der Waals surface area contributed by atoms with Gasteiger partial charge >= 0.3 is 0 Å². The van der Waals surface area contributed by atoms with Gasteiger partial charge < -0.3 is 11.1 Å². The molecule has 10 heteroatoms. The second kappa shape index (κ2) is 8.01. The molecule has 0 saturated heterocycles. The number of pyridine rings is 1. The van der Waals surface area contributed by atoms with Crippen LogP contribution in [0.15, 0.2) is 43.6 Å². The molecular weight excluding hydrogens is 383 g/mol. The fraction of sp³-hybridized carbons (Fsp3) is 0.111. The van der Waals surface area contributed by atoms with Crippen LogP contribution in [0.3, 0.4) is 0 Å². The highest BCUT2D eigenvalue weighted by atomic mass is 32.1. The van der Waals surface area contributed by atoms with Crippen LogP contribution in [-0.2, 0) is 9.59 Å². The number of nitrogens with two attached hydrogens (primary N) is 1. The summed E-state index contributed by atoms with van der Waals surface area (Å²) in [6.45, 7) is 5.26. The standard InChI is InChI=1S/C18H15FN6O2S/c1-9(17(27)25-18-24-8-15(19)28-18)11-3-12(5-21-4-11)14-7-22-13(6-23-14)10(2)16(20)26/h3-9H,2H2,1H3,(H2,20,26)(H,24,25,27). The molecule has 0 aromatic carbocycles. The molecule has 0 fully saturated rings. The van der Waals surface area contributed by atoms with Crippen molar-refractivity contribution in [1.29, 1.82) is 0 Å². The summed E-state index contributed by atoms with van der Waals surface area (Å²) in [6, 6.07) is 1.76. The van der Waals surface area contributed by atoms with Crippen LogP contribution in [0.25, 0.3) is 16.8 Å². The average Bonchev–Trinajstić information content (AvgIpc) is 3.11. The molecule has 8 nitrogen and oxygen atoms in total. The van der Waals surface area contributed by atoms with Crippen LogP contribution in [0.2, 0.25) is 0 Å². The second-order valence-electron chi connectivity index (χ2n) is 5.82. The SMILES string of the molecule is C=C(C(N)=O)c1cnc(-c2cncc(C(C)C(=O)Nc3ncc(F)s3)c2)cn1. The van der Waals surface area contributed by atoms with Crippen LogP contribution in [-0.4, -0.2) is 31.8 Å². The number of halogens is 1. The third-order valence-electron chi connectivity index (χ3n) is 3.91. The minimum absolute atomic E-state index is 0.0647. The first kappa shape index (κ1) is 19.2. The highest BCUT2D eigenvalue weighted by Crippen LogP contribution is 2.24. The molecule has 3 aromatic heterocycles. The number of rotatable bonds is 6. The predicted molar refractivity (Wildman–Crippen MR) is 103 cm³/mol. The number of anilines is 1. The minimum atomic E-state index is -0.675. The lowest BCUT2D eigenvalue weighted by Gasteiger charge is -2.12. The Labute approximate surface area is 163 Å². The second-order valence-corrected chi connectivity index (χ2v) is 6.80. The summed E-state index contributed by atoms with van der Waals surface area (Å²) in [4.78, 5) is 39.8. The van der Waals surface area contributed by atoms with E-state index in [9.17, 15) is 14.0 Å². The number of nitrogens with zero attached hydrogens (tertiary/aromatic N) is 4. The molecule has 142 valence electrons. The molecule has 0 bridgehead atoms. The number of primary amides is 1. The third kappa shape index (κ3) is 4.23. The number of hydrogen-bond donors (Lipinski definition) is 2. The Balaban J connectivity index is 1.78. The maximum atomic E-state index is 13.0. The summed E-state index contributed by atoms with van der Waals surface area (Å²) < 4.78 is 13.0. The average molecular weight is 398 g/mol. The molecule has 1 unspecified atom stereocenters. The Morgan fingerprint density at radius 1 is 1.18 bits per heavy atom. The molecule has 3 N–H and O–H groups in total. The van der Waals surface area contributed by atoms with E-state index in [0.29, 0.717) is 16.8 Å². The van der Waals surface area contributed by atoms with Crippen molar-refractivity contribution in [3.63, 3.8) is 0 Å². The van der Waals surface area contributed by atoms with Gasteiger partial charge in [-0.2, -0.15) is 4.39 Å². The highest BCUT2D eigenvalue weighted by Gasteiger charge is 2.18. The lowest BCUT2D eigenvalue weighted by atomic mass is 10.00. The van der Waals surface area contributed by atoms with Gasteiger partial charge in [-0.05, 0) is 18.6 Å². The van der Waals surface area contributed by atoms with Crippen molar-refractivity contribution in [1.82, 2.24) is 19.9 Å². The summed E-state index contributed by atoms with van der Waals surface area (Å²) in [5.74, 6) is -1.57. The summed E-state index contributed by atoms with van der Waals surface area (Å²) in [5.41, 5.74) is 7.31. The van der Waals surface area contributed by atoms with Crippen LogP contribution >= 0.6 is 11.3 Å². The summed E-state index contributed by atoms with van der Waals surface area (Å²) in [7, 11) is 0. The van der Waals surface area contributed by atoms with Gasteiger partial charge in [0, 0.05) is 18.0 Å². The lowest BCUT2D eigenvalue weighted by molar-refractivity contribution is -0.117. The molecular formula is C18H15FN6O2S. The molecule has 2 amide bonds. The fourth-order valence-corrected chi connectivity index (χ4v) is 2.82. The van der Waals surface area contributed by atoms with Gasteiger partial charge in [0.2, 0.25) is 11.8 Å². The molecule has 0 spiro atoms. The Bertz CT molecular complexity index is 1050. The Hall–Kier alpha value is -3.53. The number of thiazole rings is 1. The van der Waals surface area contributed by atoms with E-state index in [4.69, 9.17) is 5.73 Å². The first-order valence-electron chi connectivity index (χ1n) is 8.03. The molecule has 0 aliphatic carbocycles. The zero-order valence-electron chi connectivity index (χ0n) is 14.7. The third-order valence-corrected chi connectivity index (χ3v) is 4.62. The van der Waals surface area contributed by atoms with Crippen LogP contribution in [0.1, 0.15) is 24.1 Å². The monoisotopic (exact) mass is 398 g/mol. The zero-order valence-corrected chi connectivity index (χ0v) is 15.5. The first-order chi connectivity index (χ1) is 13.3. The number of amides is 2. The molecule has 3 rings (SSSR count). The van der Waals surface area contributed by atoms with Crippen molar-refractivity contribution in [3.8, 4) is 11.3 Å². The van der Waals surface area contributed by atoms with Gasteiger partial charge in [-0.3, -0.25) is 24.5 Å². The molecule has 1 atom stereocenters. The van der Waals surface area contributed by atoms with E-state index in [1.54, 1.807) is 25.4 Å². The van der Waals surface area contributed by atoms with Gasteiger partial charge in [-0.15, -0.1) is 0 Å². The van der Waals surface area contributed by atoms with E-state index in [1.807, 2.05) is 0 Å². The first-order valence-corrected chi connectivity index (χ1v) is 8.85. The largest absolute Gasteiger partial charge is 0.366 e. The fourth-order valence-electron chi connectivity index (χ4n) is 2.27. The van der Waals surface area contributed by atoms with E-state index >= 15 is 0 Å². The number of carbonyl (C=O) groups excluding carboxylic acids is 2. The van der Waals surface area contributed by atoms with Crippen molar-refractivity contribution in [2.24, 2.45) is 5.73 Å². The van der Waals surface area contributed by atoms with E-state index in [-0.39, 0.29) is 22.3 Å². The van der Waals surface area contributed by atoms with Gasteiger partial charge in [0.05, 0.1) is 41.5 Å². The molecule has 3 aromatic rings. The molecule has 28 heavy (non-hydrogen) atoms. The molecule has 0 aliphatic heterocycles. The van der Waals surface area contributed by atoms with E-state index in [0.717, 1.165) is 17.5 Å². The van der Waals surface area contributed by atoms with Crippen LogP contribution in [0, 0.1) is 5.13 Å². The van der Waals surface area contributed by atoms with Gasteiger partial charge in [0.25, 0.3) is 0 Å². The Kier molecular flexibility index (Phi) is 5.50. The van der Waals surface area contributed by atoms with E-state index in [2.05, 4.69) is 31.8 Å². The van der Waals surface area contributed by atoms with Gasteiger partial charge in [-0.25, -0.2) is 4.98 Å². The topological polar surface area (TPSA) is 124 Å².